The van der Waals surface area contributed by atoms with E-state index in [0.717, 1.165) is 35.1 Å². The summed E-state index contributed by atoms with van der Waals surface area (Å²) in [6.45, 7) is 3.58. The topological polar surface area (TPSA) is 105 Å². The van der Waals surface area contributed by atoms with Crippen molar-refractivity contribution in [2.45, 2.75) is 57.0 Å². The zero-order chi connectivity index (χ0) is 23.6. The molecule has 4 rings (SSSR count). The summed E-state index contributed by atoms with van der Waals surface area (Å²) in [6.07, 6.45) is 1.80. The van der Waals surface area contributed by atoms with Gasteiger partial charge in [0, 0.05) is 12.0 Å². The smallest absolute Gasteiger partial charge is 0.407 e. The number of ether oxygens (including phenoxy) is 1. The lowest BCUT2D eigenvalue weighted by molar-refractivity contribution is -0.148. The van der Waals surface area contributed by atoms with Gasteiger partial charge < -0.3 is 20.5 Å². The number of hydrogen-bond acceptors (Lipinski definition) is 4. The number of carbonyl (C=O) groups is 3. The van der Waals surface area contributed by atoms with Crippen LogP contribution in [0.15, 0.2) is 48.5 Å². The van der Waals surface area contributed by atoms with Crippen molar-refractivity contribution in [3.63, 3.8) is 0 Å². The summed E-state index contributed by atoms with van der Waals surface area (Å²) in [7, 11) is 0. The average Bonchev–Trinajstić information content (AvgIpc) is 3.41. The van der Waals surface area contributed by atoms with Gasteiger partial charge in [0.25, 0.3) is 0 Å². The molecule has 0 bridgehead atoms. The monoisotopic (exact) mass is 450 g/mol. The van der Waals surface area contributed by atoms with Crippen LogP contribution in [0.5, 0.6) is 0 Å². The summed E-state index contributed by atoms with van der Waals surface area (Å²) in [6, 6.07) is 15.7. The zero-order valence-corrected chi connectivity index (χ0v) is 19.0. The van der Waals surface area contributed by atoms with Gasteiger partial charge in [-0.05, 0) is 42.0 Å². The predicted octanol–water partition coefficient (Wildman–Crippen LogP) is 4.06. The Morgan fingerprint density at radius 3 is 2.09 bits per heavy atom. The number of aliphatic carboxylic acids is 1. The molecular weight excluding hydrogens is 420 g/mol. The Morgan fingerprint density at radius 1 is 1.00 bits per heavy atom. The SMILES string of the molecule is CC(NC(=O)OCC1c2ccccc2-c2ccccc21)C(C)C(=O)NC1(C(=O)O)CCCC1. The van der Waals surface area contributed by atoms with Crippen molar-refractivity contribution < 1.29 is 24.2 Å². The Bertz CT molecular complexity index is 1010. The third kappa shape index (κ3) is 4.45. The van der Waals surface area contributed by atoms with E-state index in [1.54, 1.807) is 13.8 Å². The Labute approximate surface area is 193 Å². The van der Waals surface area contributed by atoms with E-state index < -0.39 is 29.6 Å². The molecule has 2 amide bonds. The van der Waals surface area contributed by atoms with Gasteiger partial charge in [0.1, 0.15) is 12.1 Å². The van der Waals surface area contributed by atoms with Crippen molar-refractivity contribution in [1.82, 2.24) is 10.6 Å². The van der Waals surface area contributed by atoms with Crippen LogP contribution in [0, 0.1) is 5.92 Å². The molecule has 7 nitrogen and oxygen atoms in total. The van der Waals surface area contributed by atoms with Gasteiger partial charge in [-0.3, -0.25) is 4.79 Å². The van der Waals surface area contributed by atoms with Crippen LogP contribution in [-0.2, 0) is 14.3 Å². The van der Waals surface area contributed by atoms with Crippen molar-refractivity contribution in [2.75, 3.05) is 6.61 Å². The molecule has 2 atom stereocenters. The van der Waals surface area contributed by atoms with Crippen LogP contribution >= 0.6 is 0 Å². The molecule has 0 aromatic heterocycles. The first-order chi connectivity index (χ1) is 15.8. The number of carboxylic acids is 1. The highest BCUT2D eigenvalue weighted by atomic mass is 16.5. The molecule has 3 N–H and O–H groups in total. The lowest BCUT2D eigenvalue weighted by Gasteiger charge is -2.29. The van der Waals surface area contributed by atoms with E-state index in [1.807, 2.05) is 24.3 Å². The fourth-order valence-electron chi connectivity index (χ4n) is 4.90. The molecule has 1 fully saturated rings. The van der Waals surface area contributed by atoms with Crippen molar-refractivity contribution in [3.8, 4) is 11.1 Å². The van der Waals surface area contributed by atoms with Gasteiger partial charge in [0.05, 0.1) is 5.92 Å². The fourth-order valence-corrected chi connectivity index (χ4v) is 4.90. The molecule has 2 aliphatic rings. The maximum Gasteiger partial charge on any atom is 0.407 e. The lowest BCUT2D eigenvalue weighted by Crippen LogP contribution is -2.56. The number of fused-ring (bicyclic) bond motifs is 3. The van der Waals surface area contributed by atoms with Gasteiger partial charge in [-0.25, -0.2) is 9.59 Å². The first-order valence-corrected chi connectivity index (χ1v) is 11.5. The maximum absolute atomic E-state index is 12.7. The minimum Gasteiger partial charge on any atom is -0.480 e. The average molecular weight is 451 g/mol. The second kappa shape index (κ2) is 9.25. The number of amides is 2. The van der Waals surface area contributed by atoms with E-state index in [0.29, 0.717) is 12.8 Å². The zero-order valence-electron chi connectivity index (χ0n) is 19.0. The second-order valence-electron chi connectivity index (χ2n) is 9.13. The molecule has 2 unspecified atom stereocenters. The van der Waals surface area contributed by atoms with Crippen molar-refractivity contribution in [2.24, 2.45) is 5.92 Å². The van der Waals surface area contributed by atoms with Crippen LogP contribution in [0.25, 0.3) is 11.1 Å². The van der Waals surface area contributed by atoms with E-state index in [4.69, 9.17) is 4.74 Å². The number of carboxylic acid groups (broad SMARTS) is 1. The Hall–Kier alpha value is -3.35. The normalized spacial score (nSPS) is 18.0. The Balaban J connectivity index is 1.34. The minimum absolute atomic E-state index is 0.0445. The summed E-state index contributed by atoms with van der Waals surface area (Å²) in [4.78, 5) is 36.9. The largest absolute Gasteiger partial charge is 0.480 e. The van der Waals surface area contributed by atoms with Crippen LogP contribution in [-0.4, -0.2) is 41.3 Å². The van der Waals surface area contributed by atoms with Crippen LogP contribution in [0.4, 0.5) is 4.79 Å². The number of nitrogens with one attached hydrogen (secondary N) is 2. The van der Waals surface area contributed by atoms with Crippen LogP contribution in [0.3, 0.4) is 0 Å². The van der Waals surface area contributed by atoms with Crippen molar-refractivity contribution >= 4 is 18.0 Å². The third-order valence-electron chi connectivity index (χ3n) is 7.08. The Kier molecular flexibility index (Phi) is 6.40. The number of carbonyl (C=O) groups excluding carboxylic acids is 2. The predicted molar refractivity (Wildman–Crippen MR) is 124 cm³/mol. The van der Waals surface area contributed by atoms with Crippen molar-refractivity contribution in [3.05, 3.63) is 59.7 Å². The quantitative estimate of drug-likeness (QED) is 0.590. The Morgan fingerprint density at radius 2 is 1.55 bits per heavy atom. The molecular formula is C26H30N2O5. The van der Waals surface area contributed by atoms with Crippen LogP contribution < -0.4 is 10.6 Å². The van der Waals surface area contributed by atoms with Crippen molar-refractivity contribution in [1.29, 1.82) is 0 Å². The summed E-state index contributed by atoms with van der Waals surface area (Å²) < 4.78 is 5.56. The summed E-state index contributed by atoms with van der Waals surface area (Å²) >= 11 is 0. The van der Waals surface area contributed by atoms with Gasteiger partial charge in [-0.2, -0.15) is 0 Å². The second-order valence-corrected chi connectivity index (χ2v) is 9.13. The van der Waals surface area contributed by atoms with E-state index >= 15 is 0 Å². The minimum atomic E-state index is -1.20. The molecule has 2 aromatic carbocycles. The van der Waals surface area contributed by atoms with E-state index in [2.05, 4.69) is 34.9 Å². The standard InChI is InChI=1S/C26H30N2O5/c1-16(23(29)28-26(24(30)31)13-7-8-14-26)17(2)27-25(32)33-15-22-20-11-5-3-9-18(20)19-10-4-6-12-21(19)22/h3-6,9-12,16-17,22H,7-8,13-15H2,1-2H3,(H,27,32)(H,28,29)(H,30,31). The van der Waals surface area contributed by atoms with E-state index in [1.165, 1.54) is 0 Å². The highest BCUT2D eigenvalue weighted by Crippen LogP contribution is 2.44. The van der Waals surface area contributed by atoms with Gasteiger partial charge in [0.2, 0.25) is 5.91 Å². The lowest BCUT2D eigenvalue weighted by atomic mass is 9.95. The van der Waals surface area contributed by atoms with Gasteiger partial charge >= 0.3 is 12.1 Å². The molecule has 0 heterocycles. The number of hydrogen-bond donors (Lipinski definition) is 3. The van der Waals surface area contributed by atoms with E-state index in [9.17, 15) is 19.5 Å². The molecule has 7 heteroatoms. The van der Waals surface area contributed by atoms with E-state index in [-0.39, 0.29) is 18.4 Å². The highest BCUT2D eigenvalue weighted by Gasteiger charge is 2.43. The molecule has 0 radical (unpaired) electrons. The first-order valence-electron chi connectivity index (χ1n) is 11.5. The first kappa shape index (κ1) is 22.8. The molecule has 1 saturated carbocycles. The summed E-state index contributed by atoms with van der Waals surface area (Å²) in [5.41, 5.74) is 3.36. The van der Waals surface area contributed by atoms with Gasteiger partial charge in [-0.1, -0.05) is 68.3 Å². The molecule has 0 aliphatic heterocycles. The molecule has 2 aliphatic carbocycles. The van der Waals surface area contributed by atoms with Gasteiger partial charge in [0.15, 0.2) is 0 Å². The summed E-state index contributed by atoms with van der Waals surface area (Å²) in [5.74, 6) is -2.04. The third-order valence-corrected chi connectivity index (χ3v) is 7.08. The fraction of sp³-hybridized carbons (Fsp3) is 0.423. The molecule has 174 valence electrons. The van der Waals surface area contributed by atoms with Crippen LogP contribution in [0.2, 0.25) is 0 Å². The number of rotatable bonds is 7. The molecule has 33 heavy (non-hydrogen) atoms. The highest BCUT2D eigenvalue weighted by molar-refractivity contribution is 5.88. The number of alkyl carbamates (subject to hydrolysis) is 1. The molecule has 2 aromatic rings. The van der Waals surface area contributed by atoms with Gasteiger partial charge in [-0.15, -0.1) is 0 Å². The maximum atomic E-state index is 12.7. The molecule has 0 spiro atoms. The molecule has 0 saturated heterocycles. The van der Waals surface area contributed by atoms with Crippen LogP contribution in [0.1, 0.15) is 56.6 Å². The summed E-state index contributed by atoms with van der Waals surface area (Å²) in [5, 5.41) is 15.0. The number of benzene rings is 2.